The third-order valence-electron chi connectivity index (χ3n) is 0.309. The predicted molar refractivity (Wildman–Crippen MR) is 39.0 cm³/mol. The first kappa shape index (κ1) is 10.0. The summed E-state index contributed by atoms with van der Waals surface area (Å²) in [6.45, 7) is 4.35. The van der Waals surface area contributed by atoms with Gasteiger partial charge in [0.1, 0.15) is 0 Å². The summed E-state index contributed by atoms with van der Waals surface area (Å²) in [4.78, 5) is 0. The minimum Gasteiger partial charge on any atom is -0.114 e. The van der Waals surface area contributed by atoms with Crippen LogP contribution in [0.2, 0.25) is 0 Å². The van der Waals surface area contributed by atoms with Gasteiger partial charge in [0.25, 0.3) is 0 Å². The van der Waals surface area contributed by atoms with Crippen molar-refractivity contribution < 1.29 is 0 Å². The molecule has 0 aromatic rings. The molecule has 0 N–H and O–H groups in total. The van der Waals surface area contributed by atoms with Crippen LogP contribution in [0.25, 0.3) is 0 Å². The van der Waals surface area contributed by atoms with Crippen molar-refractivity contribution in [2.75, 3.05) is 5.33 Å². The van der Waals surface area contributed by atoms with Crippen molar-refractivity contribution in [1.82, 2.24) is 0 Å². The lowest BCUT2D eigenvalue weighted by Gasteiger charge is -1.88. The van der Waals surface area contributed by atoms with Crippen molar-refractivity contribution >= 4 is 32.9 Å². The fourth-order valence-corrected chi connectivity index (χ4v) is 0. The Labute approximate surface area is 58.2 Å². The Morgan fingerprint density at radius 1 is 1.50 bits per heavy atom. The Bertz CT molecular complexity index is 19.5. The van der Waals surface area contributed by atoms with Crippen molar-refractivity contribution in [2.24, 2.45) is 5.92 Å². The maximum atomic E-state index is 3.31. The Kier molecular flexibility index (Phi) is 9.98. The second-order valence-electron chi connectivity index (χ2n) is 1.55. The van der Waals surface area contributed by atoms with Crippen LogP contribution in [-0.4, -0.2) is 5.33 Å². The van der Waals surface area contributed by atoms with Crippen LogP contribution in [0, 0.1) is 5.92 Å². The molecule has 0 fully saturated rings. The molecule has 0 unspecified atom stereocenters. The average Bonchev–Trinajstić information content (AvgIpc) is 1.38. The second kappa shape index (κ2) is 5.96. The third kappa shape index (κ3) is 8.88. The number of alkyl halides is 1. The molecule has 0 aliphatic carbocycles. The largest absolute Gasteiger partial charge is 0.114 e. The van der Waals surface area contributed by atoms with Crippen molar-refractivity contribution in [3.63, 3.8) is 0 Å². The molecule has 2 heteroatoms. The number of rotatable bonds is 1. The highest BCUT2D eigenvalue weighted by Crippen LogP contribution is 1.94. The van der Waals surface area contributed by atoms with Gasteiger partial charge in [0, 0.05) is 5.33 Å². The predicted octanol–water partition coefficient (Wildman–Crippen LogP) is 2.62. The summed E-state index contributed by atoms with van der Waals surface area (Å²) in [5, 5.41) is 1.12. The lowest BCUT2D eigenvalue weighted by Crippen LogP contribution is -1.82. The maximum absolute atomic E-state index is 3.31. The quantitative estimate of drug-likeness (QED) is 0.593. The van der Waals surface area contributed by atoms with Gasteiger partial charge in [-0.15, -0.1) is 17.0 Å². The first-order chi connectivity index (χ1) is 2.27. The van der Waals surface area contributed by atoms with Gasteiger partial charge >= 0.3 is 0 Å². The first-order valence-electron chi connectivity index (χ1n) is 1.83. The van der Waals surface area contributed by atoms with Crippen molar-refractivity contribution in [3.05, 3.63) is 0 Å². The molecule has 0 radical (unpaired) electrons. The smallest absolute Gasteiger partial charge is 0.00544 e. The van der Waals surface area contributed by atoms with Gasteiger partial charge < -0.3 is 0 Å². The van der Waals surface area contributed by atoms with E-state index in [0.717, 1.165) is 11.2 Å². The summed E-state index contributed by atoms with van der Waals surface area (Å²) < 4.78 is 0. The van der Waals surface area contributed by atoms with Gasteiger partial charge in [0.2, 0.25) is 0 Å². The van der Waals surface area contributed by atoms with Crippen LogP contribution in [-0.2, 0) is 0 Å². The lowest BCUT2D eigenvalue weighted by atomic mass is 10.3. The van der Waals surface area contributed by atoms with Gasteiger partial charge in [-0.3, -0.25) is 0 Å². The highest BCUT2D eigenvalue weighted by atomic mass is 79.9. The summed E-state index contributed by atoms with van der Waals surface area (Å²) >= 11 is 3.31. The summed E-state index contributed by atoms with van der Waals surface area (Å²) in [5.41, 5.74) is 0. The van der Waals surface area contributed by atoms with E-state index in [1.165, 1.54) is 0 Å². The van der Waals surface area contributed by atoms with Gasteiger partial charge in [-0.25, -0.2) is 0 Å². The van der Waals surface area contributed by atoms with E-state index in [1.807, 2.05) is 0 Å². The van der Waals surface area contributed by atoms with Crippen LogP contribution >= 0.6 is 32.9 Å². The average molecular weight is 218 g/mol. The number of hydrogen-bond donors (Lipinski definition) is 0. The summed E-state index contributed by atoms with van der Waals surface area (Å²) in [6.07, 6.45) is 0. The molecule has 0 aliphatic heterocycles. The van der Waals surface area contributed by atoms with E-state index < -0.39 is 0 Å². The van der Waals surface area contributed by atoms with Crippen LogP contribution in [0.1, 0.15) is 13.8 Å². The molecule has 0 spiro atoms. The van der Waals surface area contributed by atoms with Crippen LogP contribution in [0.4, 0.5) is 0 Å². The molecule has 0 saturated heterocycles. The third-order valence-corrected chi connectivity index (χ3v) is 1.60. The lowest BCUT2D eigenvalue weighted by molar-refractivity contribution is 0.756. The Morgan fingerprint density at radius 3 is 1.67 bits per heavy atom. The van der Waals surface area contributed by atoms with E-state index >= 15 is 0 Å². The SMILES string of the molecule is Br.CC(C)CBr. The highest BCUT2D eigenvalue weighted by Gasteiger charge is 1.81. The van der Waals surface area contributed by atoms with Gasteiger partial charge in [0.05, 0.1) is 0 Å². The Morgan fingerprint density at radius 2 is 1.67 bits per heavy atom. The zero-order valence-corrected chi connectivity index (χ0v) is 7.37. The molecule has 0 saturated carbocycles. The van der Waals surface area contributed by atoms with Crippen LogP contribution in [0.3, 0.4) is 0 Å². The molecule has 0 heterocycles. The maximum Gasteiger partial charge on any atom is 0.00544 e. The Hall–Kier alpha value is 0.960. The molecule has 0 amide bonds. The molecule has 0 aromatic carbocycles. The molecule has 6 heavy (non-hydrogen) atoms. The second-order valence-corrected chi connectivity index (χ2v) is 2.20. The molecule has 0 aromatic heterocycles. The molecule has 40 valence electrons. The molecule has 0 bridgehead atoms. The van der Waals surface area contributed by atoms with E-state index in [1.54, 1.807) is 0 Å². The summed E-state index contributed by atoms with van der Waals surface area (Å²) in [6, 6.07) is 0. The van der Waals surface area contributed by atoms with E-state index in [4.69, 9.17) is 0 Å². The number of halogens is 2. The van der Waals surface area contributed by atoms with Gasteiger partial charge in [0.15, 0.2) is 0 Å². The van der Waals surface area contributed by atoms with Crippen molar-refractivity contribution in [3.8, 4) is 0 Å². The molecule has 0 nitrogen and oxygen atoms in total. The zero-order valence-electron chi connectivity index (χ0n) is 4.07. The monoisotopic (exact) mass is 216 g/mol. The van der Waals surface area contributed by atoms with Crippen molar-refractivity contribution in [2.45, 2.75) is 13.8 Å². The van der Waals surface area contributed by atoms with Gasteiger partial charge in [-0.05, 0) is 5.92 Å². The van der Waals surface area contributed by atoms with Crippen LogP contribution in [0.5, 0.6) is 0 Å². The standard InChI is InChI=1S/C4H9Br.BrH/c1-4(2)3-5;/h4H,3H2,1-2H3;1H. The fourth-order valence-electron chi connectivity index (χ4n) is 0. The summed E-state index contributed by atoms with van der Waals surface area (Å²) in [7, 11) is 0. The fraction of sp³-hybridized carbons (Fsp3) is 1.00. The first-order valence-corrected chi connectivity index (χ1v) is 2.95. The van der Waals surface area contributed by atoms with Crippen molar-refractivity contribution in [1.29, 1.82) is 0 Å². The molecular formula is C4H10Br2. The highest BCUT2D eigenvalue weighted by molar-refractivity contribution is 9.09. The van der Waals surface area contributed by atoms with Gasteiger partial charge in [-0.1, -0.05) is 29.8 Å². The van der Waals surface area contributed by atoms with E-state index in [9.17, 15) is 0 Å². The minimum atomic E-state index is 0. The zero-order chi connectivity index (χ0) is 4.28. The number of hydrogen-bond acceptors (Lipinski definition) is 0. The normalized spacial score (nSPS) is 8.00. The van der Waals surface area contributed by atoms with E-state index in [2.05, 4.69) is 29.8 Å². The molecular weight excluding hydrogens is 208 g/mol. The van der Waals surface area contributed by atoms with Gasteiger partial charge in [-0.2, -0.15) is 0 Å². The van der Waals surface area contributed by atoms with E-state index in [0.29, 0.717) is 0 Å². The Balaban J connectivity index is 0. The minimum absolute atomic E-state index is 0. The molecule has 0 atom stereocenters. The molecule has 0 aliphatic rings. The topological polar surface area (TPSA) is 0 Å². The summed E-state index contributed by atoms with van der Waals surface area (Å²) in [5.74, 6) is 0.801. The van der Waals surface area contributed by atoms with E-state index in [-0.39, 0.29) is 17.0 Å². The molecule has 0 rings (SSSR count). The van der Waals surface area contributed by atoms with Crippen LogP contribution < -0.4 is 0 Å². The van der Waals surface area contributed by atoms with Crippen LogP contribution in [0.15, 0.2) is 0 Å².